The Morgan fingerprint density at radius 1 is 1.13 bits per heavy atom. The molecule has 0 aromatic carbocycles. The second-order valence-corrected chi connectivity index (χ2v) is 5.19. The summed E-state index contributed by atoms with van der Waals surface area (Å²) in [6.45, 7) is 8.82. The Hall–Kier alpha value is -0.673. The van der Waals surface area contributed by atoms with Gasteiger partial charge < -0.3 is 13.3 Å². The minimum Gasteiger partial charge on any atom is -0.370 e. The quantitative estimate of drug-likeness (QED) is 0.495. The molecule has 0 bridgehead atoms. The molecule has 0 saturated heterocycles. The summed E-state index contributed by atoms with van der Waals surface area (Å²) < 4.78 is 16.7. The minimum atomic E-state index is -2.92. The van der Waals surface area contributed by atoms with Gasteiger partial charge in [-0.1, -0.05) is 6.08 Å². The molecule has 0 aromatic heterocycles. The molecule has 0 rings (SSSR count). The molecule has 0 amide bonds. The largest absolute Gasteiger partial charge is 0.547 e. The van der Waals surface area contributed by atoms with Crippen LogP contribution in [0.15, 0.2) is 11.3 Å². The van der Waals surface area contributed by atoms with Crippen LogP contribution in [0.2, 0.25) is 0 Å². The molecule has 0 saturated carbocycles. The van der Waals surface area contributed by atoms with Gasteiger partial charge in [-0.3, -0.25) is 0 Å². The van der Waals surface area contributed by atoms with Crippen molar-refractivity contribution in [2.75, 3.05) is 19.8 Å². The molecular formula is C10H19NO3Si. The van der Waals surface area contributed by atoms with Gasteiger partial charge in [-0.15, -0.1) is 0 Å². The lowest BCUT2D eigenvalue weighted by Gasteiger charge is -2.27. The molecule has 0 heterocycles. The van der Waals surface area contributed by atoms with Gasteiger partial charge in [0.2, 0.25) is 0 Å². The van der Waals surface area contributed by atoms with Gasteiger partial charge in [0.1, 0.15) is 0 Å². The van der Waals surface area contributed by atoms with Crippen molar-refractivity contribution in [1.29, 1.82) is 5.26 Å². The van der Waals surface area contributed by atoms with Gasteiger partial charge in [-0.2, -0.15) is 5.26 Å². The Labute approximate surface area is 92.8 Å². The topological polar surface area (TPSA) is 51.5 Å². The van der Waals surface area contributed by atoms with E-state index in [2.05, 4.69) is 6.07 Å². The van der Waals surface area contributed by atoms with Crippen LogP contribution >= 0.6 is 0 Å². The summed E-state index contributed by atoms with van der Waals surface area (Å²) in [4.78, 5) is 0. The molecule has 0 aliphatic heterocycles. The maximum Gasteiger partial charge on any atom is 0.547 e. The van der Waals surface area contributed by atoms with E-state index in [4.69, 9.17) is 18.5 Å². The number of allylic oxidation sites excluding steroid dienone is 2. The maximum atomic E-state index is 9.02. The Balaban J connectivity index is 5.00. The summed E-state index contributed by atoms with van der Waals surface area (Å²) in [6, 6.07) is 2.09. The molecule has 0 atom stereocenters. The fourth-order valence-corrected chi connectivity index (χ4v) is 3.59. The molecule has 4 nitrogen and oxygen atoms in total. The second kappa shape index (κ2) is 7.60. The highest BCUT2D eigenvalue weighted by Gasteiger charge is 2.45. The molecule has 0 aliphatic carbocycles. The lowest BCUT2D eigenvalue weighted by Crippen LogP contribution is -2.48. The number of nitrogens with zero attached hydrogens (tertiary/aromatic N) is 1. The van der Waals surface area contributed by atoms with Crippen molar-refractivity contribution < 1.29 is 13.3 Å². The van der Waals surface area contributed by atoms with E-state index in [0.29, 0.717) is 25.0 Å². The smallest absolute Gasteiger partial charge is 0.370 e. The van der Waals surface area contributed by atoms with Crippen LogP contribution in [-0.2, 0) is 13.3 Å². The van der Waals surface area contributed by atoms with Crippen molar-refractivity contribution in [1.82, 2.24) is 0 Å². The molecule has 0 unspecified atom stereocenters. The molecule has 0 spiro atoms. The monoisotopic (exact) mass is 229 g/mol. The van der Waals surface area contributed by atoms with Crippen molar-refractivity contribution in [2.24, 2.45) is 0 Å². The molecule has 0 aromatic rings. The van der Waals surface area contributed by atoms with Crippen LogP contribution in [0.1, 0.15) is 27.7 Å². The standard InChI is InChI=1S/C10H19NO3Si/c1-5-10(9-11)15(12-6-2,13-7-3)14-8-4/h5H,6-8H2,1-4H3. The van der Waals surface area contributed by atoms with Crippen molar-refractivity contribution in [3.63, 3.8) is 0 Å². The van der Waals surface area contributed by atoms with E-state index < -0.39 is 8.80 Å². The summed E-state index contributed by atoms with van der Waals surface area (Å²) in [5, 5.41) is 9.50. The second-order valence-electron chi connectivity index (χ2n) is 2.67. The van der Waals surface area contributed by atoms with Gasteiger partial charge >= 0.3 is 8.80 Å². The third kappa shape index (κ3) is 3.76. The highest BCUT2D eigenvalue weighted by molar-refractivity contribution is 6.70. The average Bonchev–Trinajstić information content (AvgIpc) is 2.20. The molecule has 0 radical (unpaired) electrons. The van der Waals surface area contributed by atoms with Gasteiger partial charge in [0.25, 0.3) is 0 Å². The van der Waals surface area contributed by atoms with Crippen LogP contribution in [0.25, 0.3) is 0 Å². The maximum absolute atomic E-state index is 9.02. The fourth-order valence-electron chi connectivity index (χ4n) is 1.24. The van der Waals surface area contributed by atoms with Crippen LogP contribution in [0.3, 0.4) is 0 Å². The Bertz CT molecular complexity index is 231. The van der Waals surface area contributed by atoms with Crippen molar-refractivity contribution in [3.8, 4) is 6.07 Å². The Morgan fingerprint density at radius 2 is 1.53 bits per heavy atom. The first-order valence-electron chi connectivity index (χ1n) is 5.19. The third-order valence-electron chi connectivity index (χ3n) is 1.74. The van der Waals surface area contributed by atoms with Gasteiger partial charge in [-0.25, -0.2) is 0 Å². The van der Waals surface area contributed by atoms with E-state index in [1.54, 1.807) is 13.0 Å². The normalized spacial score (nSPS) is 12.6. The Morgan fingerprint density at radius 3 is 1.73 bits per heavy atom. The zero-order valence-corrected chi connectivity index (χ0v) is 10.9. The van der Waals surface area contributed by atoms with Gasteiger partial charge in [-0.05, 0) is 27.7 Å². The lowest BCUT2D eigenvalue weighted by molar-refractivity contribution is 0.0820. The Kier molecular flexibility index (Phi) is 7.26. The molecule has 0 aliphatic rings. The van der Waals surface area contributed by atoms with Crippen molar-refractivity contribution >= 4 is 8.80 Å². The average molecular weight is 229 g/mol. The lowest BCUT2D eigenvalue weighted by atomic mass is 10.6. The predicted molar refractivity (Wildman–Crippen MR) is 60.0 cm³/mol. The van der Waals surface area contributed by atoms with Crippen LogP contribution < -0.4 is 0 Å². The van der Waals surface area contributed by atoms with Crippen LogP contribution in [0.5, 0.6) is 0 Å². The van der Waals surface area contributed by atoms with E-state index in [-0.39, 0.29) is 0 Å². The number of nitriles is 1. The molecule has 15 heavy (non-hydrogen) atoms. The SMILES string of the molecule is CC=C(C#N)[Si](OCC)(OCC)OCC. The summed E-state index contributed by atoms with van der Waals surface area (Å²) in [6.07, 6.45) is 1.70. The fraction of sp³-hybridized carbons (Fsp3) is 0.700. The summed E-state index contributed by atoms with van der Waals surface area (Å²) in [7, 11) is -2.92. The highest BCUT2D eigenvalue weighted by atomic mass is 28.4. The van der Waals surface area contributed by atoms with E-state index in [0.717, 1.165) is 0 Å². The number of rotatable bonds is 7. The zero-order valence-electron chi connectivity index (χ0n) is 9.87. The van der Waals surface area contributed by atoms with E-state index >= 15 is 0 Å². The molecule has 0 fully saturated rings. The van der Waals surface area contributed by atoms with Gasteiger partial charge in [0.15, 0.2) is 0 Å². The highest BCUT2D eigenvalue weighted by Crippen LogP contribution is 2.19. The van der Waals surface area contributed by atoms with E-state index in [1.165, 1.54) is 0 Å². The third-order valence-corrected chi connectivity index (χ3v) is 4.81. The van der Waals surface area contributed by atoms with Crippen molar-refractivity contribution in [3.05, 3.63) is 11.3 Å². The van der Waals surface area contributed by atoms with E-state index in [9.17, 15) is 0 Å². The molecular weight excluding hydrogens is 210 g/mol. The number of hydrogen-bond donors (Lipinski definition) is 0. The first-order chi connectivity index (χ1) is 7.20. The van der Waals surface area contributed by atoms with Crippen molar-refractivity contribution in [2.45, 2.75) is 27.7 Å². The van der Waals surface area contributed by atoms with Crippen LogP contribution in [0.4, 0.5) is 0 Å². The molecule has 86 valence electrons. The van der Waals surface area contributed by atoms with Gasteiger partial charge in [0.05, 0.1) is 11.3 Å². The van der Waals surface area contributed by atoms with Gasteiger partial charge in [0, 0.05) is 19.8 Å². The first-order valence-corrected chi connectivity index (χ1v) is 6.91. The molecule has 5 heteroatoms. The van der Waals surface area contributed by atoms with E-state index in [1.807, 2.05) is 20.8 Å². The summed E-state index contributed by atoms with van der Waals surface area (Å²) in [5.41, 5.74) is 0. The predicted octanol–water partition coefficient (Wildman–Crippen LogP) is 2.04. The van der Waals surface area contributed by atoms with Crippen LogP contribution in [-0.4, -0.2) is 28.6 Å². The number of hydrogen-bond acceptors (Lipinski definition) is 4. The van der Waals surface area contributed by atoms with Crippen LogP contribution in [0, 0.1) is 11.3 Å². The first kappa shape index (κ1) is 14.3. The molecule has 0 N–H and O–H groups in total. The minimum absolute atomic E-state index is 0.477. The summed E-state index contributed by atoms with van der Waals surface area (Å²) in [5.74, 6) is 0. The zero-order chi connectivity index (χ0) is 11.7. The summed E-state index contributed by atoms with van der Waals surface area (Å²) >= 11 is 0.